The third kappa shape index (κ3) is 2.21. The van der Waals surface area contributed by atoms with Gasteiger partial charge in [0, 0.05) is 37.9 Å². The van der Waals surface area contributed by atoms with Crippen LogP contribution in [0.5, 0.6) is 0 Å². The molecule has 2 fully saturated rings. The van der Waals surface area contributed by atoms with Gasteiger partial charge in [-0.15, -0.1) is 0 Å². The maximum absolute atomic E-state index is 12.6. The molecule has 2 saturated heterocycles. The number of aryl methyl sites for hydroxylation is 2. The summed E-state index contributed by atoms with van der Waals surface area (Å²) in [5.74, 6) is 0. The van der Waals surface area contributed by atoms with Gasteiger partial charge in [-0.1, -0.05) is 17.7 Å². The van der Waals surface area contributed by atoms with Crippen LogP contribution in [0, 0.1) is 13.8 Å². The molecular formula is C15H21N3O. The van der Waals surface area contributed by atoms with E-state index in [2.05, 4.69) is 37.4 Å². The van der Waals surface area contributed by atoms with Crippen LogP contribution in [-0.4, -0.2) is 43.2 Å². The van der Waals surface area contributed by atoms with E-state index in [1.165, 1.54) is 11.1 Å². The number of anilines is 1. The van der Waals surface area contributed by atoms with Crippen molar-refractivity contribution in [2.24, 2.45) is 0 Å². The monoisotopic (exact) mass is 259 g/mol. The standard InChI is InChI=1S/C15H21N3O/c1-11-3-4-14(12(2)9-11)18-7-5-13-10-16-6-8-17(13)15(18)19/h3-4,9,13,16H,5-8,10H2,1-2H3. The van der Waals surface area contributed by atoms with Crippen molar-refractivity contribution in [3.8, 4) is 0 Å². The normalized spacial score (nSPS) is 23.5. The van der Waals surface area contributed by atoms with Crippen molar-refractivity contribution in [3.05, 3.63) is 29.3 Å². The first-order chi connectivity index (χ1) is 9.16. The van der Waals surface area contributed by atoms with Crippen molar-refractivity contribution in [1.29, 1.82) is 0 Å². The number of fused-ring (bicyclic) bond motifs is 1. The van der Waals surface area contributed by atoms with Crippen molar-refractivity contribution >= 4 is 11.7 Å². The largest absolute Gasteiger partial charge is 0.324 e. The minimum Gasteiger partial charge on any atom is -0.319 e. The average Bonchev–Trinajstić information content (AvgIpc) is 2.41. The van der Waals surface area contributed by atoms with E-state index in [1.54, 1.807) is 0 Å². The van der Waals surface area contributed by atoms with Crippen molar-refractivity contribution in [2.45, 2.75) is 26.3 Å². The molecule has 2 heterocycles. The molecule has 0 bridgehead atoms. The van der Waals surface area contributed by atoms with Gasteiger partial charge in [-0.05, 0) is 31.9 Å². The van der Waals surface area contributed by atoms with Gasteiger partial charge in [0.2, 0.25) is 0 Å². The number of hydrogen-bond donors (Lipinski definition) is 1. The summed E-state index contributed by atoms with van der Waals surface area (Å²) in [6.45, 7) is 7.66. The molecular weight excluding hydrogens is 238 g/mol. The summed E-state index contributed by atoms with van der Waals surface area (Å²) in [5, 5.41) is 3.37. The molecule has 2 aliphatic heterocycles. The minimum absolute atomic E-state index is 0.171. The Morgan fingerprint density at radius 1 is 1.26 bits per heavy atom. The molecule has 1 unspecified atom stereocenters. The van der Waals surface area contributed by atoms with Crippen LogP contribution >= 0.6 is 0 Å². The second-order valence-corrected chi connectivity index (χ2v) is 5.56. The van der Waals surface area contributed by atoms with Gasteiger partial charge >= 0.3 is 6.03 Å². The maximum atomic E-state index is 12.6. The molecule has 0 saturated carbocycles. The number of benzene rings is 1. The number of hydrogen-bond acceptors (Lipinski definition) is 2. The molecule has 1 N–H and O–H groups in total. The Balaban J connectivity index is 1.87. The van der Waals surface area contributed by atoms with Crippen molar-refractivity contribution in [3.63, 3.8) is 0 Å². The fourth-order valence-electron chi connectivity index (χ4n) is 3.13. The fraction of sp³-hybridized carbons (Fsp3) is 0.533. The highest BCUT2D eigenvalue weighted by molar-refractivity contribution is 5.94. The number of nitrogens with zero attached hydrogens (tertiary/aromatic N) is 2. The lowest BCUT2D eigenvalue weighted by Gasteiger charge is -2.44. The number of carbonyl (C=O) groups is 1. The van der Waals surface area contributed by atoms with E-state index >= 15 is 0 Å². The molecule has 1 aromatic rings. The Morgan fingerprint density at radius 3 is 2.89 bits per heavy atom. The lowest BCUT2D eigenvalue weighted by Crippen LogP contribution is -2.61. The topological polar surface area (TPSA) is 35.6 Å². The third-order valence-corrected chi connectivity index (χ3v) is 4.16. The molecule has 102 valence electrons. The smallest absolute Gasteiger partial charge is 0.319 e. The average molecular weight is 259 g/mol. The van der Waals surface area contributed by atoms with Gasteiger partial charge in [-0.2, -0.15) is 0 Å². The molecule has 0 radical (unpaired) electrons. The summed E-state index contributed by atoms with van der Waals surface area (Å²) in [6.07, 6.45) is 1.05. The number of amides is 2. The van der Waals surface area contributed by atoms with Gasteiger partial charge in [-0.25, -0.2) is 4.79 Å². The van der Waals surface area contributed by atoms with E-state index < -0.39 is 0 Å². The van der Waals surface area contributed by atoms with Crippen LogP contribution in [0.25, 0.3) is 0 Å². The first-order valence-corrected chi connectivity index (χ1v) is 7.03. The van der Waals surface area contributed by atoms with Gasteiger partial charge in [-0.3, -0.25) is 4.90 Å². The van der Waals surface area contributed by atoms with Crippen LogP contribution in [0.15, 0.2) is 18.2 Å². The van der Waals surface area contributed by atoms with E-state index in [0.717, 1.165) is 38.3 Å². The van der Waals surface area contributed by atoms with Crippen molar-refractivity contribution < 1.29 is 4.79 Å². The van der Waals surface area contributed by atoms with Crippen molar-refractivity contribution in [1.82, 2.24) is 10.2 Å². The Hall–Kier alpha value is -1.55. The molecule has 0 aromatic heterocycles. The van der Waals surface area contributed by atoms with Gasteiger partial charge in [0.05, 0.1) is 0 Å². The summed E-state index contributed by atoms with van der Waals surface area (Å²) in [4.78, 5) is 16.6. The SMILES string of the molecule is Cc1ccc(N2CCC3CNCCN3C2=O)c(C)c1. The van der Waals surface area contributed by atoms with Crippen LogP contribution in [0.4, 0.5) is 10.5 Å². The van der Waals surface area contributed by atoms with E-state index in [-0.39, 0.29) is 6.03 Å². The summed E-state index contributed by atoms with van der Waals surface area (Å²) < 4.78 is 0. The van der Waals surface area contributed by atoms with E-state index in [1.807, 2.05) is 9.80 Å². The van der Waals surface area contributed by atoms with Crippen LogP contribution in [-0.2, 0) is 0 Å². The quantitative estimate of drug-likeness (QED) is 0.836. The van der Waals surface area contributed by atoms with E-state index in [0.29, 0.717) is 6.04 Å². The number of rotatable bonds is 1. The zero-order valence-corrected chi connectivity index (χ0v) is 11.6. The highest BCUT2D eigenvalue weighted by Crippen LogP contribution is 2.27. The van der Waals surface area contributed by atoms with Gasteiger partial charge in [0.15, 0.2) is 0 Å². The molecule has 2 aliphatic rings. The summed E-state index contributed by atoms with van der Waals surface area (Å²) >= 11 is 0. The molecule has 0 spiro atoms. The Bertz CT molecular complexity index is 500. The van der Waals surface area contributed by atoms with Crippen LogP contribution in [0.2, 0.25) is 0 Å². The number of piperazine rings is 1. The fourth-order valence-corrected chi connectivity index (χ4v) is 3.13. The zero-order chi connectivity index (χ0) is 13.4. The molecule has 1 aromatic carbocycles. The number of nitrogens with one attached hydrogen (secondary N) is 1. The third-order valence-electron chi connectivity index (χ3n) is 4.16. The lowest BCUT2D eigenvalue weighted by atomic mass is 10.0. The molecule has 2 amide bonds. The van der Waals surface area contributed by atoms with Gasteiger partial charge in [0.25, 0.3) is 0 Å². The highest BCUT2D eigenvalue weighted by Gasteiger charge is 2.35. The molecule has 1 atom stereocenters. The molecule has 3 rings (SSSR count). The Labute approximate surface area is 114 Å². The highest BCUT2D eigenvalue weighted by atomic mass is 16.2. The second kappa shape index (κ2) is 4.85. The van der Waals surface area contributed by atoms with Crippen LogP contribution in [0.3, 0.4) is 0 Å². The van der Waals surface area contributed by atoms with E-state index in [4.69, 9.17) is 0 Å². The van der Waals surface area contributed by atoms with Crippen LogP contribution in [0.1, 0.15) is 17.5 Å². The Morgan fingerprint density at radius 2 is 2.11 bits per heavy atom. The summed E-state index contributed by atoms with van der Waals surface area (Å²) in [5.41, 5.74) is 3.49. The number of carbonyl (C=O) groups excluding carboxylic acids is 1. The molecule has 4 heteroatoms. The first-order valence-electron chi connectivity index (χ1n) is 7.03. The number of urea groups is 1. The van der Waals surface area contributed by atoms with Crippen LogP contribution < -0.4 is 10.2 Å². The summed E-state index contributed by atoms with van der Waals surface area (Å²) in [6, 6.07) is 6.85. The second-order valence-electron chi connectivity index (χ2n) is 5.56. The molecule has 0 aliphatic carbocycles. The Kier molecular flexibility index (Phi) is 3.19. The lowest BCUT2D eigenvalue weighted by molar-refractivity contribution is 0.147. The minimum atomic E-state index is 0.171. The summed E-state index contributed by atoms with van der Waals surface area (Å²) in [7, 11) is 0. The van der Waals surface area contributed by atoms with E-state index in [9.17, 15) is 4.79 Å². The first kappa shape index (κ1) is 12.5. The van der Waals surface area contributed by atoms with Gasteiger partial charge in [0.1, 0.15) is 0 Å². The zero-order valence-electron chi connectivity index (χ0n) is 11.6. The predicted molar refractivity (Wildman–Crippen MR) is 76.6 cm³/mol. The predicted octanol–water partition coefficient (Wildman–Crippen LogP) is 1.91. The molecule has 19 heavy (non-hydrogen) atoms. The van der Waals surface area contributed by atoms with Gasteiger partial charge < -0.3 is 10.2 Å². The van der Waals surface area contributed by atoms with Crippen molar-refractivity contribution in [2.75, 3.05) is 31.1 Å². The molecule has 4 nitrogen and oxygen atoms in total. The maximum Gasteiger partial charge on any atom is 0.324 e.